The second-order valence-corrected chi connectivity index (χ2v) is 14.5. The minimum absolute atomic E-state index is 0.119. The summed E-state index contributed by atoms with van der Waals surface area (Å²) in [7, 11) is 6.11. The van der Waals surface area contributed by atoms with Gasteiger partial charge in [0.1, 0.15) is 70.3 Å². The van der Waals surface area contributed by atoms with Crippen molar-refractivity contribution in [3.8, 4) is 57.1 Å². The molecule has 0 saturated heterocycles. The van der Waals surface area contributed by atoms with Crippen molar-refractivity contribution in [2.45, 2.75) is 19.4 Å². The molecule has 1 unspecified atom stereocenters. The number of rotatable bonds is 23. The van der Waals surface area contributed by atoms with Gasteiger partial charge in [0, 0.05) is 33.0 Å². The number of carbonyl (C=O) groups is 4. The van der Waals surface area contributed by atoms with Crippen LogP contribution in [0.4, 0.5) is 0 Å². The third kappa shape index (κ3) is 14.1. The Hall–Kier alpha value is -7.72. The number of carbonyl (C=O) groups excluding carboxylic acids is 4. The lowest BCUT2D eigenvalue weighted by Gasteiger charge is -2.12. The van der Waals surface area contributed by atoms with Gasteiger partial charge in [-0.15, -0.1) is 0 Å². The average Bonchev–Trinajstić information content (AvgIpc) is 3.35. The minimum Gasteiger partial charge on any atom is -0.496 e. The van der Waals surface area contributed by atoms with E-state index in [1.54, 1.807) is 99.1 Å². The van der Waals surface area contributed by atoms with Crippen molar-refractivity contribution in [3.63, 3.8) is 0 Å². The Bertz CT molecular complexity index is 2570. The Morgan fingerprint density at radius 2 is 0.791 bits per heavy atom. The summed E-state index contributed by atoms with van der Waals surface area (Å²) in [6, 6.07) is 35.3. The molecule has 0 aromatic heterocycles. The Balaban J connectivity index is 0.949. The smallest absolute Gasteiger partial charge is 0.347 e. The maximum absolute atomic E-state index is 13.0. The number of esters is 4. The predicted molar refractivity (Wildman–Crippen MR) is 245 cm³/mol. The van der Waals surface area contributed by atoms with Gasteiger partial charge < -0.3 is 52.1 Å². The molecule has 0 radical (unpaired) electrons. The summed E-state index contributed by atoms with van der Waals surface area (Å²) in [4.78, 5) is 51.8. The lowest BCUT2D eigenvalue weighted by Crippen LogP contribution is -2.13. The van der Waals surface area contributed by atoms with Crippen LogP contribution in [0.15, 0.2) is 133 Å². The highest BCUT2D eigenvalue weighted by Gasteiger charge is 2.19. The molecule has 0 aliphatic carbocycles. The zero-order valence-corrected chi connectivity index (χ0v) is 37.6. The van der Waals surface area contributed by atoms with Gasteiger partial charge in [0.2, 0.25) is 0 Å². The van der Waals surface area contributed by atoms with E-state index in [0.717, 1.165) is 17.5 Å². The first-order chi connectivity index (χ1) is 32.6. The lowest BCUT2D eigenvalue weighted by molar-refractivity contribution is 0.0507. The lowest BCUT2D eigenvalue weighted by atomic mass is 10.1. The summed E-state index contributed by atoms with van der Waals surface area (Å²) in [5.41, 5.74) is 2.53. The van der Waals surface area contributed by atoms with E-state index >= 15 is 0 Å². The van der Waals surface area contributed by atoms with Crippen LogP contribution in [0.5, 0.6) is 46.0 Å². The Kier molecular flexibility index (Phi) is 17.8. The summed E-state index contributed by atoms with van der Waals surface area (Å²) in [6.45, 7) is 3.99. The molecule has 6 rings (SSSR count). The number of benzene rings is 6. The van der Waals surface area contributed by atoms with Crippen LogP contribution >= 0.6 is 0 Å². The van der Waals surface area contributed by atoms with Crippen molar-refractivity contribution < 1.29 is 71.3 Å². The molecule has 0 bridgehead atoms. The van der Waals surface area contributed by atoms with Crippen LogP contribution in [0.3, 0.4) is 0 Å². The van der Waals surface area contributed by atoms with Gasteiger partial charge in [0.05, 0.1) is 44.7 Å². The van der Waals surface area contributed by atoms with Crippen molar-refractivity contribution in [2.24, 2.45) is 0 Å². The Morgan fingerprint density at radius 1 is 0.418 bits per heavy atom. The molecule has 0 aliphatic rings. The quantitative estimate of drug-likeness (QED) is 0.0339. The van der Waals surface area contributed by atoms with Gasteiger partial charge in [0.25, 0.3) is 0 Å². The van der Waals surface area contributed by atoms with Crippen LogP contribution in [0.25, 0.3) is 11.1 Å². The van der Waals surface area contributed by atoms with E-state index in [1.807, 2.05) is 6.92 Å². The van der Waals surface area contributed by atoms with Crippen molar-refractivity contribution >= 4 is 23.9 Å². The molecule has 0 aliphatic heterocycles. The van der Waals surface area contributed by atoms with E-state index < -0.39 is 23.9 Å². The molecular formula is C52H50O15. The van der Waals surface area contributed by atoms with Gasteiger partial charge in [-0.25, -0.2) is 19.2 Å². The van der Waals surface area contributed by atoms with Crippen LogP contribution in [0.2, 0.25) is 0 Å². The molecule has 0 spiro atoms. The fourth-order valence-electron chi connectivity index (χ4n) is 6.20. The first-order valence-electron chi connectivity index (χ1n) is 21.1. The van der Waals surface area contributed by atoms with Crippen LogP contribution in [-0.2, 0) is 14.2 Å². The van der Waals surface area contributed by atoms with E-state index in [2.05, 4.69) is 0 Å². The van der Waals surface area contributed by atoms with Crippen LogP contribution in [-0.4, -0.2) is 91.5 Å². The molecule has 15 nitrogen and oxygen atoms in total. The van der Waals surface area contributed by atoms with Gasteiger partial charge >= 0.3 is 23.9 Å². The van der Waals surface area contributed by atoms with Crippen LogP contribution < -0.4 is 37.9 Å². The van der Waals surface area contributed by atoms with Gasteiger partial charge in [-0.1, -0.05) is 24.3 Å². The zero-order chi connectivity index (χ0) is 47.5. The molecule has 67 heavy (non-hydrogen) atoms. The largest absolute Gasteiger partial charge is 0.496 e. The highest BCUT2D eigenvalue weighted by molar-refractivity contribution is 5.96. The summed E-state index contributed by atoms with van der Waals surface area (Å²) in [6.07, 6.45) is 0.898. The summed E-state index contributed by atoms with van der Waals surface area (Å²) < 4.78 is 60.0. The summed E-state index contributed by atoms with van der Waals surface area (Å²) >= 11 is 0. The standard InChI is InChI=1S/C52H50O15/c1-34(58-3)26-27-61-29-31-63-44-23-25-46(48(33-44)60-5)52(56)67-42-20-12-38(13-21-42)50(54)65-40-16-8-36(9-17-40)35-6-14-39(15-7-35)64-49(53)37-10-18-41(19-11-37)66-51(55)45-24-22-43(32-47(45)59-4)62-30-28-57-2/h6-25,32-34H,26-31H2,1-5H3. The maximum Gasteiger partial charge on any atom is 0.347 e. The second-order valence-electron chi connectivity index (χ2n) is 14.5. The Labute approximate surface area is 387 Å². The molecular weight excluding hydrogens is 865 g/mol. The first-order valence-corrected chi connectivity index (χ1v) is 21.1. The second kappa shape index (κ2) is 24.5. The normalized spacial score (nSPS) is 11.2. The third-order valence-electron chi connectivity index (χ3n) is 9.97. The molecule has 0 fully saturated rings. The molecule has 6 aromatic carbocycles. The number of hydrogen-bond acceptors (Lipinski definition) is 15. The maximum atomic E-state index is 13.0. The van der Waals surface area contributed by atoms with Crippen LogP contribution in [0.1, 0.15) is 54.8 Å². The number of hydrogen-bond donors (Lipinski definition) is 0. The molecule has 0 heterocycles. The minimum atomic E-state index is -0.652. The van der Waals surface area contributed by atoms with Gasteiger partial charge in [-0.3, -0.25) is 0 Å². The average molecular weight is 915 g/mol. The van der Waals surface area contributed by atoms with E-state index in [-0.39, 0.29) is 51.4 Å². The van der Waals surface area contributed by atoms with E-state index in [4.69, 9.17) is 52.1 Å². The predicted octanol–water partition coefficient (Wildman–Crippen LogP) is 9.09. The molecule has 348 valence electrons. The summed E-state index contributed by atoms with van der Waals surface area (Å²) in [5.74, 6) is 0.140. The number of methoxy groups -OCH3 is 4. The highest BCUT2D eigenvalue weighted by Crippen LogP contribution is 2.29. The van der Waals surface area contributed by atoms with Crippen molar-refractivity contribution in [1.82, 2.24) is 0 Å². The molecule has 0 N–H and O–H groups in total. The van der Waals surface area contributed by atoms with Crippen LogP contribution in [0, 0.1) is 0 Å². The van der Waals surface area contributed by atoms with E-state index in [9.17, 15) is 19.2 Å². The molecule has 0 saturated carbocycles. The Morgan fingerprint density at radius 3 is 1.18 bits per heavy atom. The molecule has 0 amide bonds. The zero-order valence-electron chi connectivity index (χ0n) is 37.6. The van der Waals surface area contributed by atoms with Gasteiger partial charge in [-0.05, 0) is 122 Å². The monoisotopic (exact) mass is 914 g/mol. The number of ether oxygens (including phenoxy) is 11. The summed E-state index contributed by atoms with van der Waals surface area (Å²) in [5, 5.41) is 0. The molecule has 1 atom stereocenters. The van der Waals surface area contributed by atoms with Crippen molar-refractivity contribution in [3.05, 3.63) is 156 Å². The van der Waals surface area contributed by atoms with E-state index in [0.29, 0.717) is 56.0 Å². The first kappa shape index (κ1) is 48.7. The molecule has 15 heteroatoms. The fourth-order valence-corrected chi connectivity index (χ4v) is 6.20. The fraction of sp³-hybridized carbons (Fsp3) is 0.231. The highest BCUT2D eigenvalue weighted by atomic mass is 16.6. The van der Waals surface area contributed by atoms with Gasteiger partial charge in [-0.2, -0.15) is 0 Å². The SMILES string of the molecule is COCCOc1ccc(C(=O)Oc2ccc(C(=O)Oc3ccc(-c4ccc(OC(=O)c5ccc(OC(=O)c6ccc(OCCOCCC(C)OC)cc6OC)cc5)cc4)cc3)cc2)c(OC)c1. The molecule has 6 aromatic rings. The van der Waals surface area contributed by atoms with Crippen molar-refractivity contribution in [1.29, 1.82) is 0 Å². The van der Waals surface area contributed by atoms with E-state index in [1.165, 1.54) is 62.8 Å². The van der Waals surface area contributed by atoms with Gasteiger partial charge in [0.15, 0.2) is 0 Å². The third-order valence-corrected chi connectivity index (χ3v) is 9.97. The van der Waals surface area contributed by atoms with Crippen molar-refractivity contribution in [2.75, 3.05) is 61.5 Å². The topological polar surface area (TPSA) is 170 Å².